The van der Waals surface area contributed by atoms with E-state index >= 15 is 0 Å². The first-order chi connectivity index (χ1) is 8.20. The number of carbonyl (C=O) groups excluding carboxylic acids is 1. The Labute approximate surface area is 99.4 Å². The summed E-state index contributed by atoms with van der Waals surface area (Å²) in [7, 11) is 1.59. The van der Waals surface area contributed by atoms with Crippen molar-refractivity contribution in [2.24, 2.45) is 5.92 Å². The zero-order valence-corrected chi connectivity index (χ0v) is 9.81. The van der Waals surface area contributed by atoms with Crippen LogP contribution in [0.15, 0.2) is 23.1 Å². The molecule has 1 N–H and O–H groups in total. The summed E-state index contributed by atoms with van der Waals surface area (Å²) >= 11 is 0. The van der Waals surface area contributed by atoms with Crippen molar-refractivity contribution in [2.75, 3.05) is 19.0 Å². The van der Waals surface area contributed by atoms with Crippen LogP contribution in [0.25, 0.3) is 0 Å². The van der Waals surface area contributed by atoms with Crippen molar-refractivity contribution in [2.45, 2.75) is 19.4 Å². The lowest BCUT2D eigenvalue weighted by Crippen LogP contribution is -2.22. The van der Waals surface area contributed by atoms with Crippen molar-refractivity contribution in [3.63, 3.8) is 0 Å². The van der Waals surface area contributed by atoms with Crippen molar-refractivity contribution >= 4 is 11.6 Å². The first kappa shape index (κ1) is 11.9. The van der Waals surface area contributed by atoms with Crippen LogP contribution < -0.4 is 10.9 Å². The highest BCUT2D eigenvalue weighted by atomic mass is 16.5. The van der Waals surface area contributed by atoms with Crippen LogP contribution in [0.5, 0.6) is 0 Å². The molecule has 2 rings (SSSR count). The van der Waals surface area contributed by atoms with Gasteiger partial charge in [0.1, 0.15) is 0 Å². The van der Waals surface area contributed by atoms with Gasteiger partial charge >= 0.3 is 0 Å². The Hall–Kier alpha value is -1.62. The fraction of sp³-hybridized carbons (Fsp3) is 0.500. The summed E-state index contributed by atoms with van der Waals surface area (Å²) in [4.78, 5) is 23.1. The number of methoxy groups -OCH3 is 1. The van der Waals surface area contributed by atoms with Gasteiger partial charge in [-0.15, -0.1) is 0 Å². The number of hydrogen-bond donors (Lipinski definition) is 1. The largest absolute Gasteiger partial charge is 0.383 e. The quantitative estimate of drug-likeness (QED) is 0.824. The molecule has 1 fully saturated rings. The van der Waals surface area contributed by atoms with Crippen molar-refractivity contribution in [1.29, 1.82) is 0 Å². The molecule has 1 aromatic rings. The Morgan fingerprint density at radius 1 is 1.53 bits per heavy atom. The molecule has 1 saturated carbocycles. The van der Waals surface area contributed by atoms with E-state index in [0.29, 0.717) is 18.8 Å². The van der Waals surface area contributed by atoms with Crippen LogP contribution in [0.1, 0.15) is 12.8 Å². The Morgan fingerprint density at radius 2 is 2.29 bits per heavy atom. The normalized spacial score (nSPS) is 14.6. The Bertz CT molecular complexity index is 463. The molecule has 0 atom stereocenters. The van der Waals surface area contributed by atoms with E-state index in [1.807, 2.05) is 0 Å². The summed E-state index contributed by atoms with van der Waals surface area (Å²) in [6, 6.07) is 3.09. The molecule has 1 aromatic heterocycles. The average Bonchev–Trinajstić information content (AvgIpc) is 3.13. The van der Waals surface area contributed by atoms with Gasteiger partial charge in [-0.1, -0.05) is 0 Å². The summed E-state index contributed by atoms with van der Waals surface area (Å²) in [6.45, 7) is 0.961. The lowest BCUT2D eigenvalue weighted by atomic mass is 10.3. The minimum atomic E-state index is -0.0912. The highest BCUT2D eigenvalue weighted by Gasteiger charge is 2.29. The van der Waals surface area contributed by atoms with Gasteiger partial charge in [-0.05, 0) is 18.9 Å². The van der Waals surface area contributed by atoms with Crippen LogP contribution in [-0.4, -0.2) is 24.2 Å². The molecule has 92 valence electrons. The van der Waals surface area contributed by atoms with Gasteiger partial charge < -0.3 is 14.6 Å². The molecule has 1 aliphatic rings. The van der Waals surface area contributed by atoms with Crippen LogP contribution in [-0.2, 0) is 16.1 Å². The summed E-state index contributed by atoms with van der Waals surface area (Å²) < 4.78 is 6.46. The number of carbonyl (C=O) groups is 1. The van der Waals surface area contributed by atoms with Gasteiger partial charge in [0.05, 0.1) is 12.3 Å². The second kappa shape index (κ2) is 5.14. The van der Waals surface area contributed by atoms with Gasteiger partial charge in [0.15, 0.2) is 0 Å². The molecule has 1 aliphatic carbocycles. The molecule has 0 spiro atoms. The number of nitrogens with one attached hydrogen (secondary N) is 1. The second-order valence-electron chi connectivity index (χ2n) is 4.21. The van der Waals surface area contributed by atoms with Gasteiger partial charge in [0.2, 0.25) is 5.91 Å². The minimum Gasteiger partial charge on any atom is -0.383 e. The maximum absolute atomic E-state index is 11.6. The van der Waals surface area contributed by atoms with Gasteiger partial charge in [0.25, 0.3) is 5.56 Å². The molecule has 5 nitrogen and oxygen atoms in total. The third-order valence-electron chi connectivity index (χ3n) is 2.74. The Balaban J connectivity index is 2.06. The second-order valence-corrected chi connectivity index (χ2v) is 4.21. The first-order valence-corrected chi connectivity index (χ1v) is 5.71. The zero-order chi connectivity index (χ0) is 12.3. The van der Waals surface area contributed by atoms with E-state index in [-0.39, 0.29) is 17.4 Å². The third-order valence-corrected chi connectivity index (χ3v) is 2.74. The summed E-state index contributed by atoms with van der Waals surface area (Å²) in [5, 5.41) is 2.81. The Morgan fingerprint density at radius 3 is 2.94 bits per heavy atom. The summed E-state index contributed by atoms with van der Waals surface area (Å²) in [6.07, 6.45) is 3.59. The number of ether oxygens (including phenoxy) is 1. The average molecular weight is 236 g/mol. The van der Waals surface area contributed by atoms with Crippen LogP contribution in [0.4, 0.5) is 5.69 Å². The third kappa shape index (κ3) is 3.17. The molecule has 0 aromatic carbocycles. The number of pyridine rings is 1. The number of aromatic nitrogens is 1. The van der Waals surface area contributed by atoms with Crippen molar-refractivity contribution in [1.82, 2.24) is 4.57 Å². The predicted molar refractivity (Wildman–Crippen MR) is 63.9 cm³/mol. The zero-order valence-electron chi connectivity index (χ0n) is 9.81. The smallest absolute Gasteiger partial charge is 0.250 e. The topological polar surface area (TPSA) is 60.3 Å². The van der Waals surface area contributed by atoms with E-state index in [4.69, 9.17) is 4.74 Å². The molecule has 1 amide bonds. The van der Waals surface area contributed by atoms with Gasteiger partial charge in [-0.25, -0.2) is 0 Å². The lowest BCUT2D eigenvalue weighted by molar-refractivity contribution is -0.117. The highest BCUT2D eigenvalue weighted by molar-refractivity contribution is 5.93. The van der Waals surface area contributed by atoms with Gasteiger partial charge in [-0.3, -0.25) is 9.59 Å². The summed E-state index contributed by atoms with van der Waals surface area (Å²) in [5.41, 5.74) is 0.573. The standard InChI is InChI=1S/C12H16N2O3/c1-17-7-6-14-8-10(4-5-11(14)15)13-12(16)9-2-3-9/h4-5,8-9H,2-3,6-7H2,1H3,(H,13,16). The Kier molecular flexibility index (Phi) is 3.58. The monoisotopic (exact) mass is 236 g/mol. The van der Waals surface area contributed by atoms with Crippen LogP contribution in [0, 0.1) is 5.92 Å². The van der Waals surface area contributed by atoms with Crippen LogP contribution in [0.2, 0.25) is 0 Å². The van der Waals surface area contributed by atoms with E-state index in [2.05, 4.69) is 5.32 Å². The molecular formula is C12H16N2O3. The number of amides is 1. The SMILES string of the molecule is COCCn1cc(NC(=O)C2CC2)ccc1=O. The maximum Gasteiger partial charge on any atom is 0.250 e. The van der Waals surface area contributed by atoms with Crippen LogP contribution in [0.3, 0.4) is 0 Å². The molecule has 0 unspecified atom stereocenters. The number of hydrogen-bond acceptors (Lipinski definition) is 3. The fourth-order valence-electron chi connectivity index (χ4n) is 1.56. The first-order valence-electron chi connectivity index (χ1n) is 5.71. The number of rotatable bonds is 5. The van der Waals surface area contributed by atoms with Gasteiger partial charge in [-0.2, -0.15) is 0 Å². The summed E-state index contributed by atoms with van der Waals surface area (Å²) in [5.74, 6) is 0.205. The molecule has 0 aliphatic heterocycles. The minimum absolute atomic E-state index is 0.0435. The molecular weight excluding hydrogens is 220 g/mol. The van der Waals surface area contributed by atoms with Gasteiger partial charge in [0, 0.05) is 31.8 Å². The molecule has 0 bridgehead atoms. The van der Waals surface area contributed by atoms with Crippen LogP contribution >= 0.6 is 0 Å². The maximum atomic E-state index is 11.6. The van der Waals surface area contributed by atoms with E-state index in [1.165, 1.54) is 10.6 Å². The molecule has 0 radical (unpaired) electrons. The highest BCUT2D eigenvalue weighted by Crippen LogP contribution is 2.29. The molecule has 5 heteroatoms. The van der Waals surface area contributed by atoms with E-state index in [9.17, 15) is 9.59 Å². The van der Waals surface area contributed by atoms with Crippen molar-refractivity contribution < 1.29 is 9.53 Å². The fourth-order valence-corrected chi connectivity index (χ4v) is 1.56. The van der Waals surface area contributed by atoms with E-state index in [1.54, 1.807) is 19.4 Å². The molecule has 1 heterocycles. The lowest BCUT2D eigenvalue weighted by Gasteiger charge is -2.08. The van der Waals surface area contributed by atoms with Crippen molar-refractivity contribution in [3.8, 4) is 0 Å². The molecule has 17 heavy (non-hydrogen) atoms. The van der Waals surface area contributed by atoms with E-state index in [0.717, 1.165) is 12.8 Å². The molecule has 0 saturated heterocycles. The van der Waals surface area contributed by atoms with Crippen molar-refractivity contribution in [3.05, 3.63) is 28.7 Å². The predicted octanol–water partition coefficient (Wildman–Crippen LogP) is 0.843. The number of nitrogens with zero attached hydrogens (tertiary/aromatic N) is 1. The number of anilines is 1. The van der Waals surface area contributed by atoms with E-state index < -0.39 is 0 Å².